The Bertz CT molecular complexity index is 283. The van der Waals surface area contributed by atoms with Crippen molar-refractivity contribution in [3.05, 3.63) is 12.3 Å². The van der Waals surface area contributed by atoms with Crippen LogP contribution >= 0.6 is 0 Å². The molecule has 0 spiro atoms. The third kappa shape index (κ3) is 1.64. The molecule has 0 fully saturated rings. The summed E-state index contributed by atoms with van der Waals surface area (Å²) in [6.07, 6.45) is 3.33. The number of carbonyl (C=O) groups excluding carboxylic acids is 2. The summed E-state index contributed by atoms with van der Waals surface area (Å²) in [4.78, 5) is 23.1. The molecule has 78 valence electrons. The lowest BCUT2D eigenvalue weighted by Crippen LogP contribution is -2.54. The molecule has 1 atom stereocenters. The predicted molar refractivity (Wildman–Crippen MR) is 51.5 cm³/mol. The molecule has 1 N–H and O–H groups in total. The molecule has 0 radical (unpaired) electrons. The largest absolute Gasteiger partial charge is 0.467 e. The topological polar surface area (TPSA) is 55.4 Å². The molecule has 1 rings (SSSR count). The van der Waals surface area contributed by atoms with Crippen LogP contribution < -0.4 is 5.32 Å². The van der Waals surface area contributed by atoms with Gasteiger partial charge in [0, 0.05) is 6.20 Å². The summed E-state index contributed by atoms with van der Waals surface area (Å²) < 4.78 is 4.65. The Balaban J connectivity index is 2.91. The molecule has 0 aromatic rings. The fourth-order valence-electron chi connectivity index (χ4n) is 1.66. The van der Waals surface area contributed by atoms with Gasteiger partial charge in [-0.05, 0) is 18.4 Å². The molecule has 0 aromatic carbocycles. The molecule has 0 bridgehead atoms. The first-order valence-corrected chi connectivity index (χ1v) is 4.60. The zero-order chi connectivity index (χ0) is 10.8. The summed E-state index contributed by atoms with van der Waals surface area (Å²) in [6, 6.07) is 0. The summed E-state index contributed by atoms with van der Waals surface area (Å²) in [5.41, 5.74) is -1.18. The van der Waals surface area contributed by atoms with Crippen molar-refractivity contribution < 1.29 is 14.3 Å². The Morgan fingerprint density at radius 1 is 1.64 bits per heavy atom. The maximum atomic E-state index is 11.6. The Hall–Kier alpha value is -1.32. The monoisotopic (exact) mass is 197 g/mol. The van der Waals surface area contributed by atoms with Gasteiger partial charge in [0.25, 0.3) is 0 Å². The van der Waals surface area contributed by atoms with Crippen molar-refractivity contribution in [3.63, 3.8) is 0 Å². The SMILES string of the molecule is COC(=O)C1(CC(C)C)NC=CC1=O. The molecule has 1 heterocycles. The smallest absolute Gasteiger partial charge is 0.339 e. The van der Waals surface area contributed by atoms with Gasteiger partial charge >= 0.3 is 5.97 Å². The zero-order valence-corrected chi connectivity index (χ0v) is 8.66. The molecule has 0 saturated carbocycles. The highest BCUT2D eigenvalue weighted by molar-refractivity contribution is 6.15. The predicted octanol–water partition coefficient (Wildman–Crippen LogP) is 0.630. The maximum Gasteiger partial charge on any atom is 0.339 e. The number of ketones is 1. The van der Waals surface area contributed by atoms with Crippen LogP contribution in [0.2, 0.25) is 0 Å². The number of rotatable bonds is 3. The van der Waals surface area contributed by atoms with Gasteiger partial charge in [-0.15, -0.1) is 0 Å². The van der Waals surface area contributed by atoms with Gasteiger partial charge in [-0.1, -0.05) is 13.8 Å². The van der Waals surface area contributed by atoms with Crippen molar-refractivity contribution in [2.24, 2.45) is 5.92 Å². The summed E-state index contributed by atoms with van der Waals surface area (Å²) in [5.74, 6) is -0.496. The van der Waals surface area contributed by atoms with E-state index in [2.05, 4.69) is 10.1 Å². The minimum atomic E-state index is -1.18. The van der Waals surface area contributed by atoms with Crippen LogP contribution in [0, 0.1) is 5.92 Å². The van der Waals surface area contributed by atoms with Crippen LogP contribution in [0.1, 0.15) is 20.3 Å². The van der Waals surface area contributed by atoms with E-state index in [-0.39, 0.29) is 11.7 Å². The number of ether oxygens (including phenoxy) is 1. The van der Waals surface area contributed by atoms with Crippen LogP contribution in [0.15, 0.2) is 12.3 Å². The Kier molecular flexibility index (Phi) is 2.93. The van der Waals surface area contributed by atoms with E-state index >= 15 is 0 Å². The minimum Gasteiger partial charge on any atom is -0.467 e. The van der Waals surface area contributed by atoms with E-state index < -0.39 is 11.5 Å². The van der Waals surface area contributed by atoms with Gasteiger partial charge in [0.1, 0.15) is 0 Å². The zero-order valence-electron chi connectivity index (χ0n) is 8.66. The molecule has 0 aliphatic carbocycles. The second-order valence-electron chi connectivity index (χ2n) is 3.84. The average Bonchev–Trinajstić information content (AvgIpc) is 2.47. The van der Waals surface area contributed by atoms with Gasteiger partial charge in [-0.2, -0.15) is 0 Å². The van der Waals surface area contributed by atoms with Crippen LogP contribution in [0.3, 0.4) is 0 Å². The third-order valence-electron chi connectivity index (χ3n) is 2.23. The highest BCUT2D eigenvalue weighted by Crippen LogP contribution is 2.23. The van der Waals surface area contributed by atoms with E-state index in [4.69, 9.17) is 0 Å². The first-order valence-electron chi connectivity index (χ1n) is 4.60. The lowest BCUT2D eigenvalue weighted by molar-refractivity contribution is -0.151. The van der Waals surface area contributed by atoms with E-state index in [0.717, 1.165) is 0 Å². The quantitative estimate of drug-likeness (QED) is 0.532. The summed E-state index contributed by atoms with van der Waals surface area (Å²) in [5, 5.41) is 2.80. The van der Waals surface area contributed by atoms with Crippen LogP contribution in [0.4, 0.5) is 0 Å². The standard InChI is InChI=1S/C10H15NO3/c1-7(2)6-10(9(13)14-3)8(12)4-5-11-10/h4-5,7,11H,6H2,1-3H3. The number of methoxy groups -OCH3 is 1. The van der Waals surface area contributed by atoms with E-state index in [9.17, 15) is 9.59 Å². The molecule has 1 aliphatic rings. The Morgan fingerprint density at radius 2 is 2.29 bits per heavy atom. The molecule has 0 aromatic heterocycles. The number of hydrogen-bond donors (Lipinski definition) is 1. The Morgan fingerprint density at radius 3 is 2.64 bits per heavy atom. The van der Waals surface area contributed by atoms with Gasteiger partial charge in [0.2, 0.25) is 0 Å². The third-order valence-corrected chi connectivity index (χ3v) is 2.23. The number of esters is 1. The minimum absolute atomic E-state index is 0.224. The summed E-state index contributed by atoms with van der Waals surface area (Å²) in [7, 11) is 1.29. The fourth-order valence-corrected chi connectivity index (χ4v) is 1.66. The number of carbonyl (C=O) groups is 2. The lowest BCUT2D eigenvalue weighted by atomic mass is 9.86. The molecular weight excluding hydrogens is 182 g/mol. The molecule has 4 nitrogen and oxygen atoms in total. The highest BCUT2D eigenvalue weighted by atomic mass is 16.5. The van der Waals surface area contributed by atoms with Gasteiger partial charge in [-0.25, -0.2) is 4.79 Å². The molecule has 0 amide bonds. The van der Waals surface area contributed by atoms with Crippen LogP contribution in [-0.4, -0.2) is 24.4 Å². The van der Waals surface area contributed by atoms with E-state index in [1.54, 1.807) is 0 Å². The average molecular weight is 197 g/mol. The molecule has 4 heteroatoms. The molecule has 1 unspecified atom stereocenters. The first-order chi connectivity index (χ1) is 6.53. The Labute approximate surface area is 83.3 Å². The van der Waals surface area contributed by atoms with Crippen LogP contribution in [0.25, 0.3) is 0 Å². The lowest BCUT2D eigenvalue weighted by Gasteiger charge is -2.26. The van der Waals surface area contributed by atoms with E-state index in [1.807, 2.05) is 13.8 Å². The number of hydrogen-bond acceptors (Lipinski definition) is 4. The van der Waals surface area contributed by atoms with Crippen molar-refractivity contribution in [2.45, 2.75) is 25.8 Å². The van der Waals surface area contributed by atoms with Gasteiger partial charge in [-0.3, -0.25) is 4.79 Å². The highest BCUT2D eigenvalue weighted by Gasteiger charge is 2.47. The van der Waals surface area contributed by atoms with Gasteiger partial charge in [0.15, 0.2) is 11.3 Å². The normalized spacial score (nSPS) is 25.3. The second-order valence-corrected chi connectivity index (χ2v) is 3.84. The summed E-state index contributed by atoms with van der Waals surface area (Å²) in [6.45, 7) is 3.91. The van der Waals surface area contributed by atoms with Crippen LogP contribution in [-0.2, 0) is 14.3 Å². The number of nitrogens with one attached hydrogen (secondary N) is 1. The first kappa shape index (κ1) is 10.8. The van der Waals surface area contributed by atoms with E-state index in [1.165, 1.54) is 19.4 Å². The van der Waals surface area contributed by atoms with Crippen molar-refractivity contribution in [2.75, 3.05) is 7.11 Å². The van der Waals surface area contributed by atoms with Crippen LogP contribution in [0.5, 0.6) is 0 Å². The van der Waals surface area contributed by atoms with Gasteiger partial charge < -0.3 is 10.1 Å². The van der Waals surface area contributed by atoms with Crippen molar-refractivity contribution in [1.29, 1.82) is 0 Å². The molecule has 14 heavy (non-hydrogen) atoms. The van der Waals surface area contributed by atoms with Crippen molar-refractivity contribution in [3.8, 4) is 0 Å². The van der Waals surface area contributed by atoms with Gasteiger partial charge in [0.05, 0.1) is 7.11 Å². The van der Waals surface area contributed by atoms with E-state index in [0.29, 0.717) is 6.42 Å². The fraction of sp³-hybridized carbons (Fsp3) is 0.600. The summed E-state index contributed by atoms with van der Waals surface area (Å²) >= 11 is 0. The molecular formula is C10H15NO3. The second kappa shape index (κ2) is 3.82. The molecule has 1 aliphatic heterocycles. The maximum absolute atomic E-state index is 11.6. The molecule has 0 saturated heterocycles. The van der Waals surface area contributed by atoms with Crippen molar-refractivity contribution in [1.82, 2.24) is 5.32 Å². The van der Waals surface area contributed by atoms with Crippen molar-refractivity contribution >= 4 is 11.8 Å².